The number of rotatable bonds is 10. The number of carbonyl (C=O) groups is 3. The summed E-state index contributed by atoms with van der Waals surface area (Å²) in [5, 5.41) is 15.0. The summed E-state index contributed by atoms with van der Waals surface area (Å²) in [7, 11) is -2.07. The summed E-state index contributed by atoms with van der Waals surface area (Å²) >= 11 is 1.45. The van der Waals surface area contributed by atoms with E-state index in [0.717, 1.165) is 4.88 Å². The second kappa shape index (κ2) is 11.4. The molecule has 46 heavy (non-hydrogen) atoms. The maximum Gasteiger partial charge on any atom is 0.259 e. The number of aryl methyl sites for hydroxylation is 1. The molecule has 1 saturated heterocycles. The summed E-state index contributed by atoms with van der Waals surface area (Å²) in [6.45, 7) is 8.80. The number of fused-ring (bicyclic) bond motifs is 1. The molecule has 3 amide bonds. The van der Waals surface area contributed by atoms with Gasteiger partial charge in [-0.25, -0.2) is 18.4 Å². The average Bonchev–Trinajstić information content (AvgIpc) is 3.81. The van der Waals surface area contributed by atoms with Crippen LogP contribution in [0, 0.1) is 11.3 Å². The van der Waals surface area contributed by atoms with E-state index < -0.39 is 68.1 Å². The van der Waals surface area contributed by atoms with E-state index in [1.54, 1.807) is 38.7 Å². The molecule has 3 N–H and O–H groups in total. The van der Waals surface area contributed by atoms with Crippen molar-refractivity contribution in [2.45, 2.75) is 75.5 Å². The first kappa shape index (κ1) is 32.1. The quantitative estimate of drug-likeness (QED) is 0.267. The molecule has 2 saturated carbocycles. The molecule has 0 spiro atoms. The first-order valence-corrected chi connectivity index (χ1v) is 17.5. The van der Waals surface area contributed by atoms with E-state index in [0.29, 0.717) is 29.8 Å². The van der Waals surface area contributed by atoms with Crippen molar-refractivity contribution in [1.29, 1.82) is 0 Å². The molecule has 0 radical (unpaired) electrons. The molecule has 4 heterocycles. The zero-order valence-corrected chi connectivity index (χ0v) is 27.6. The van der Waals surface area contributed by atoms with Crippen LogP contribution in [-0.2, 0) is 31.5 Å². The molecule has 3 aliphatic rings. The van der Waals surface area contributed by atoms with Gasteiger partial charge in [-0.3, -0.25) is 19.1 Å². The molecule has 0 bridgehead atoms. The van der Waals surface area contributed by atoms with Crippen molar-refractivity contribution >= 4 is 50.4 Å². The Morgan fingerprint density at radius 3 is 2.61 bits per heavy atom. The molecule has 3 aromatic rings. The lowest BCUT2D eigenvalue weighted by Crippen LogP contribution is -2.57. The van der Waals surface area contributed by atoms with Crippen molar-refractivity contribution in [3.05, 3.63) is 36.5 Å². The van der Waals surface area contributed by atoms with Crippen LogP contribution in [0.3, 0.4) is 0 Å². The molecule has 5 atom stereocenters. The minimum atomic E-state index is -3.87. The van der Waals surface area contributed by atoms with Gasteiger partial charge in [0, 0.05) is 19.4 Å². The first-order valence-electron chi connectivity index (χ1n) is 15.0. The Balaban J connectivity index is 1.29. The standard InChI is InChI=1S/C30H37N7O7S2/c1-6-16-13-30(16,28(41)35-46(42,43)18-9-10-18)34-25(39)19-12-17(14-37(19)27(40)22(38)29(2,3)4)44-26-21(20-8-7-11-45-20)32-24-23(33-26)31-15-36(24)5/h6-8,11,15-19,22,38H,1,9-10,12-14H2,2-5H3,(H,34,39)(H,35,41)/t16-,17-,19+,22-,30-/m1/s1. The maximum atomic E-state index is 14.0. The number of nitrogens with one attached hydrogen (secondary N) is 2. The topological polar surface area (TPSA) is 186 Å². The molecule has 6 rings (SSSR count). The number of hydrogen-bond donors (Lipinski definition) is 3. The molecule has 0 aromatic carbocycles. The highest BCUT2D eigenvalue weighted by Crippen LogP contribution is 2.45. The summed E-state index contributed by atoms with van der Waals surface area (Å²) < 4.78 is 35.3. The van der Waals surface area contributed by atoms with Crippen LogP contribution >= 0.6 is 11.3 Å². The number of aliphatic hydroxyl groups is 1. The fraction of sp³-hybridized carbons (Fsp3) is 0.533. The summed E-state index contributed by atoms with van der Waals surface area (Å²) in [5.74, 6) is -2.51. The summed E-state index contributed by atoms with van der Waals surface area (Å²) in [6.07, 6.45) is 2.01. The number of ether oxygens (including phenoxy) is 1. The van der Waals surface area contributed by atoms with Gasteiger partial charge in [0.05, 0.1) is 23.0 Å². The largest absolute Gasteiger partial charge is 0.471 e. The Morgan fingerprint density at radius 1 is 1.26 bits per heavy atom. The zero-order valence-electron chi connectivity index (χ0n) is 26.0. The third-order valence-electron chi connectivity index (χ3n) is 8.70. The van der Waals surface area contributed by atoms with Crippen molar-refractivity contribution in [3.8, 4) is 16.5 Å². The molecule has 16 heteroatoms. The number of imidazole rings is 1. The predicted molar refractivity (Wildman–Crippen MR) is 169 cm³/mol. The van der Waals surface area contributed by atoms with Gasteiger partial charge in [-0.05, 0) is 36.1 Å². The van der Waals surface area contributed by atoms with Crippen LogP contribution in [0.1, 0.15) is 46.5 Å². The molecular weight excluding hydrogens is 635 g/mol. The first-order chi connectivity index (χ1) is 21.6. The highest BCUT2D eigenvalue weighted by molar-refractivity contribution is 7.91. The number of hydrogen-bond acceptors (Lipinski definition) is 11. The van der Waals surface area contributed by atoms with Gasteiger partial charge in [0.25, 0.3) is 11.8 Å². The van der Waals surface area contributed by atoms with Crippen LogP contribution in [-0.4, -0.2) is 91.2 Å². The normalized spacial score (nSPS) is 25.2. The number of thiophene rings is 1. The van der Waals surface area contributed by atoms with Crippen LogP contribution in [0.4, 0.5) is 0 Å². The number of likely N-dealkylation sites (tertiary alicyclic amines) is 1. The van der Waals surface area contributed by atoms with Gasteiger partial charge in [-0.2, -0.15) is 4.98 Å². The highest BCUT2D eigenvalue weighted by atomic mass is 32.2. The minimum Gasteiger partial charge on any atom is -0.471 e. The SMILES string of the molecule is C=C[C@@H]1C[C@]1(NC(=O)[C@@H]1C[C@@H](Oc2nc3ncn(C)c3nc2-c2cccs2)CN1C(=O)[C@@H](O)C(C)(C)C)C(=O)NS(=O)(=O)C1CC1. The van der Waals surface area contributed by atoms with Crippen molar-refractivity contribution in [2.75, 3.05) is 6.54 Å². The van der Waals surface area contributed by atoms with Crippen molar-refractivity contribution in [3.63, 3.8) is 0 Å². The lowest BCUT2D eigenvalue weighted by atomic mass is 9.88. The van der Waals surface area contributed by atoms with Crippen molar-refractivity contribution in [2.24, 2.45) is 18.4 Å². The van der Waals surface area contributed by atoms with E-state index >= 15 is 0 Å². The number of sulfonamides is 1. The lowest BCUT2D eigenvalue weighted by Gasteiger charge is -2.32. The summed E-state index contributed by atoms with van der Waals surface area (Å²) in [6, 6.07) is 2.62. The van der Waals surface area contributed by atoms with Crippen LogP contribution in [0.25, 0.3) is 21.9 Å². The summed E-state index contributed by atoms with van der Waals surface area (Å²) in [4.78, 5) is 56.6. The van der Waals surface area contributed by atoms with Gasteiger partial charge in [0.2, 0.25) is 27.5 Å². The van der Waals surface area contributed by atoms with Crippen LogP contribution in [0.5, 0.6) is 5.88 Å². The second-order valence-electron chi connectivity index (χ2n) is 13.3. The van der Waals surface area contributed by atoms with Crippen LogP contribution < -0.4 is 14.8 Å². The Kier molecular flexibility index (Phi) is 7.96. The number of carbonyl (C=O) groups excluding carboxylic acids is 3. The number of aromatic nitrogens is 4. The third kappa shape index (κ3) is 5.88. The van der Waals surface area contributed by atoms with Crippen LogP contribution in [0.15, 0.2) is 36.5 Å². The van der Waals surface area contributed by atoms with E-state index in [4.69, 9.17) is 9.72 Å². The monoisotopic (exact) mass is 671 g/mol. The Morgan fingerprint density at radius 2 is 2.00 bits per heavy atom. The number of amides is 3. The van der Waals surface area contributed by atoms with Gasteiger partial charge in [0.15, 0.2) is 5.65 Å². The average molecular weight is 672 g/mol. The second-order valence-corrected chi connectivity index (χ2v) is 16.2. The van der Waals surface area contributed by atoms with Gasteiger partial charge >= 0.3 is 0 Å². The minimum absolute atomic E-state index is 0.0110. The fourth-order valence-corrected chi connectivity index (χ4v) is 7.73. The van der Waals surface area contributed by atoms with Gasteiger partial charge < -0.3 is 24.6 Å². The van der Waals surface area contributed by atoms with E-state index in [-0.39, 0.29) is 25.3 Å². The number of aliphatic hydroxyl groups excluding tert-OH is 1. The smallest absolute Gasteiger partial charge is 0.259 e. The molecule has 3 fully saturated rings. The predicted octanol–water partition coefficient (Wildman–Crippen LogP) is 1.52. The van der Waals surface area contributed by atoms with E-state index in [2.05, 4.69) is 26.6 Å². The molecule has 0 unspecified atom stereocenters. The number of nitrogens with zero attached hydrogens (tertiary/aromatic N) is 5. The highest BCUT2D eigenvalue weighted by Gasteiger charge is 2.62. The van der Waals surface area contributed by atoms with E-state index in [1.807, 2.05) is 17.5 Å². The zero-order chi connectivity index (χ0) is 33.2. The molecule has 1 aliphatic heterocycles. The molecule has 14 nitrogen and oxygen atoms in total. The third-order valence-corrected chi connectivity index (χ3v) is 11.4. The molecule has 3 aromatic heterocycles. The van der Waals surface area contributed by atoms with Crippen molar-refractivity contribution in [1.82, 2.24) is 34.5 Å². The fourth-order valence-electron chi connectivity index (χ4n) is 5.66. The van der Waals surface area contributed by atoms with Gasteiger partial charge in [-0.1, -0.05) is 32.9 Å². The van der Waals surface area contributed by atoms with E-state index in [9.17, 15) is 27.9 Å². The van der Waals surface area contributed by atoms with Crippen molar-refractivity contribution < 1.29 is 32.6 Å². The molecular formula is C30H37N7O7S2. The van der Waals surface area contributed by atoms with Gasteiger partial charge in [-0.15, -0.1) is 17.9 Å². The van der Waals surface area contributed by atoms with Gasteiger partial charge in [0.1, 0.15) is 29.5 Å². The molecule has 246 valence electrons. The molecule has 2 aliphatic carbocycles. The Bertz CT molecular complexity index is 1810. The lowest BCUT2D eigenvalue weighted by molar-refractivity contribution is -0.150. The van der Waals surface area contributed by atoms with Crippen LogP contribution in [0.2, 0.25) is 0 Å². The Labute approximate surface area is 270 Å². The Hall–Kier alpha value is -3.89. The van der Waals surface area contributed by atoms with E-state index in [1.165, 1.54) is 22.3 Å². The maximum absolute atomic E-state index is 14.0. The summed E-state index contributed by atoms with van der Waals surface area (Å²) in [5.41, 5.74) is -0.969.